The molecule has 0 fully saturated rings. The number of benzene rings is 2. The summed E-state index contributed by atoms with van der Waals surface area (Å²) < 4.78 is 32.4. The zero-order valence-electron chi connectivity index (χ0n) is 13.4. The van der Waals surface area contributed by atoms with Gasteiger partial charge in [-0.1, -0.05) is 23.2 Å². The molecule has 0 saturated heterocycles. The third-order valence-electron chi connectivity index (χ3n) is 2.95. The molecule has 0 bridgehead atoms. The first-order chi connectivity index (χ1) is 11.2. The monoisotopic (exact) mass is 427 g/mol. The van der Waals surface area contributed by atoms with Crippen molar-refractivity contribution in [3.63, 3.8) is 0 Å². The van der Waals surface area contributed by atoms with Gasteiger partial charge in [0.15, 0.2) is 0 Å². The Bertz CT molecular complexity index is 872. The Hall–Kier alpha value is -0.324. The molecule has 0 aromatic heterocycles. The maximum Gasteiger partial charge on any atom is 1.00 e. The van der Waals surface area contributed by atoms with Gasteiger partial charge in [-0.25, -0.2) is 8.42 Å². The van der Waals surface area contributed by atoms with Crippen LogP contribution in [0, 0.1) is 0 Å². The summed E-state index contributed by atoms with van der Waals surface area (Å²) in [7, 11) is -4.11. The van der Waals surface area contributed by atoms with E-state index in [0.717, 1.165) is 12.1 Å². The molecule has 0 heterocycles. The summed E-state index contributed by atoms with van der Waals surface area (Å²) in [6.07, 6.45) is 0. The van der Waals surface area contributed by atoms with Crippen LogP contribution >= 0.6 is 23.2 Å². The summed E-state index contributed by atoms with van der Waals surface area (Å²) in [5.74, 6) is -1.02. The second-order valence-electron chi connectivity index (χ2n) is 4.61. The number of carbonyl (C=O) groups excluding carboxylic acids is 1. The molecule has 0 unspecified atom stereocenters. The van der Waals surface area contributed by atoms with Crippen LogP contribution in [0.1, 0.15) is 17.3 Å². The van der Waals surface area contributed by atoms with E-state index in [1.54, 1.807) is 12.1 Å². The minimum Gasteiger partial charge on any atom is -0.545 e. The molecule has 0 aliphatic rings. The van der Waals surface area contributed by atoms with Gasteiger partial charge in [0.25, 0.3) is 10.0 Å². The number of hydrogen-bond donors (Lipinski definition) is 1. The van der Waals surface area contributed by atoms with Crippen molar-refractivity contribution in [1.29, 1.82) is 0 Å². The van der Waals surface area contributed by atoms with Gasteiger partial charge in [0.2, 0.25) is 0 Å². The molecule has 2 aromatic rings. The van der Waals surface area contributed by atoms with E-state index in [2.05, 4.69) is 4.72 Å². The van der Waals surface area contributed by atoms with E-state index in [1.165, 1.54) is 12.1 Å². The van der Waals surface area contributed by atoms with Gasteiger partial charge in [0, 0.05) is 11.3 Å². The summed E-state index contributed by atoms with van der Waals surface area (Å²) in [6, 6.07) is 8.10. The van der Waals surface area contributed by atoms with E-state index < -0.39 is 26.5 Å². The maximum atomic E-state index is 12.4. The molecular formula is C15H12Cl2KNO5S. The van der Waals surface area contributed by atoms with Crippen LogP contribution in [0.15, 0.2) is 41.3 Å². The van der Waals surface area contributed by atoms with Crippen LogP contribution in [0.4, 0.5) is 5.69 Å². The number of sulfonamides is 1. The number of halogens is 2. The normalized spacial score (nSPS) is 10.7. The van der Waals surface area contributed by atoms with Crippen LogP contribution in [-0.2, 0) is 10.0 Å². The number of carboxylic acids is 1. The summed E-state index contributed by atoms with van der Waals surface area (Å²) in [6.45, 7) is 2.31. The molecule has 2 rings (SSSR count). The van der Waals surface area contributed by atoms with Crippen molar-refractivity contribution in [2.24, 2.45) is 0 Å². The maximum absolute atomic E-state index is 12.4. The van der Waals surface area contributed by atoms with E-state index >= 15 is 0 Å². The summed E-state index contributed by atoms with van der Waals surface area (Å²) in [4.78, 5) is 10.6. The molecule has 0 radical (unpaired) electrons. The molecule has 0 amide bonds. The largest absolute Gasteiger partial charge is 1.00 e. The first kappa shape index (κ1) is 22.7. The number of hydrogen-bond acceptors (Lipinski definition) is 5. The summed E-state index contributed by atoms with van der Waals surface area (Å²) in [5, 5.41) is 10.6. The van der Waals surface area contributed by atoms with E-state index in [1.807, 2.05) is 6.92 Å². The van der Waals surface area contributed by atoms with Gasteiger partial charge in [0.05, 0.1) is 22.6 Å². The van der Waals surface area contributed by atoms with Gasteiger partial charge in [-0.15, -0.1) is 0 Å². The number of anilines is 1. The Labute approximate surface area is 197 Å². The fraction of sp³-hybridized carbons (Fsp3) is 0.133. The molecule has 6 nitrogen and oxygen atoms in total. The van der Waals surface area contributed by atoms with Crippen LogP contribution in [0.5, 0.6) is 5.75 Å². The third kappa shape index (κ3) is 5.83. The molecule has 2 aromatic carbocycles. The minimum atomic E-state index is -4.11. The van der Waals surface area contributed by atoms with Crippen LogP contribution in [0.2, 0.25) is 10.0 Å². The van der Waals surface area contributed by atoms with Gasteiger partial charge in [-0.3, -0.25) is 4.72 Å². The topological polar surface area (TPSA) is 95.5 Å². The van der Waals surface area contributed by atoms with Crippen molar-refractivity contribution in [3.8, 4) is 5.75 Å². The Kier molecular flexibility index (Phi) is 8.69. The minimum absolute atomic E-state index is 0. The molecule has 10 heteroatoms. The zero-order valence-corrected chi connectivity index (χ0v) is 18.8. The molecule has 0 spiro atoms. The van der Waals surface area contributed by atoms with Crippen molar-refractivity contribution >= 4 is 44.9 Å². The first-order valence-electron chi connectivity index (χ1n) is 6.70. The van der Waals surface area contributed by atoms with E-state index in [-0.39, 0.29) is 67.1 Å². The van der Waals surface area contributed by atoms with Crippen LogP contribution in [0.25, 0.3) is 0 Å². The van der Waals surface area contributed by atoms with Crippen molar-refractivity contribution in [3.05, 3.63) is 52.0 Å². The molecule has 0 aliphatic heterocycles. The van der Waals surface area contributed by atoms with Crippen molar-refractivity contribution in [2.45, 2.75) is 11.8 Å². The predicted octanol–water partition coefficient (Wildman–Crippen LogP) is -0.440. The number of nitrogens with one attached hydrogen (secondary N) is 1. The average Bonchev–Trinajstić information content (AvgIpc) is 2.48. The Balaban J connectivity index is 0.00000312. The Morgan fingerprint density at radius 2 is 1.76 bits per heavy atom. The van der Waals surface area contributed by atoms with Crippen molar-refractivity contribution in [2.75, 3.05) is 11.3 Å². The zero-order chi connectivity index (χ0) is 17.9. The standard InChI is InChI=1S/C15H13Cl2NO5S.K/c1-2-23-10-5-3-9(4-6-10)18-24(21,22)14-7-11(15(19)20)12(16)8-13(14)17;/h3-8,18H,2H2,1H3,(H,19,20);/q;+1/p-1. The molecule has 0 saturated carbocycles. The molecule has 128 valence electrons. The van der Waals surface area contributed by atoms with E-state index in [4.69, 9.17) is 27.9 Å². The number of ether oxygens (including phenoxy) is 1. The van der Waals surface area contributed by atoms with Gasteiger partial charge >= 0.3 is 51.4 Å². The Morgan fingerprint density at radius 1 is 1.16 bits per heavy atom. The molecule has 0 atom stereocenters. The average molecular weight is 428 g/mol. The number of carboxylic acid groups (broad SMARTS) is 1. The van der Waals surface area contributed by atoms with Crippen LogP contribution < -0.4 is 66.0 Å². The van der Waals surface area contributed by atoms with E-state index in [0.29, 0.717) is 12.4 Å². The summed E-state index contributed by atoms with van der Waals surface area (Å²) >= 11 is 11.6. The number of rotatable bonds is 6. The summed E-state index contributed by atoms with van der Waals surface area (Å²) in [5.41, 5.74) is -0.201. The van der Waals surface area contributed by atoms with Crippen molar-refractivity contribution < 1.29 is 74.4 Å². The van der Waals surface area contributed by atoms with Gasteiger partial charge < -0.3 is 14.6 Å². The Morgan fingerprint density at radius 3 is 2.28 bits per heavy atom. The number of carbonyl (C=O) groups is 1. The smallest absolute Gasteiger partial charge is 0.545 e. The molecule has 25 heavy (non-hydrogen) atoms. The quantitative estimate of drug-likeness (QED) is 0.630. The van der Waals surface area contributed by atoms with Gasteiger partial charge in [-0.05, 0) is 43.3 Å². The molecular weight excluding hydrogens is 416 g/mol. The second-order valence-corrected chi connectivity index (χ2v) is 7.08. The predicted molar refractivity (Wildman–Crippen MR) is 89.2 cm³/mol. The fourth-order valence-corrected chi connectivity index (χ4v) is 3.80. The first-order valence-corrected chi connectivity index (χ1v) is 8.94. The van der Waals surface area contributed by atoms with E-state index in [9.17, 15) is 18.3 Å². The van der Waals surface area contributed by atoms with Crippen LogP contribution in [0.3, 0.4) is 0 Å². The second kappa shape index (κ2) is 9.57. The third-order valence-corrected chi connectivity index (χ3v) is 5.11. The molecule has 0 aliphatic carbocycles. The van der Waals surface area contributed by atoms with Gasteiger partial charge in [-0.2, -0.15) is 0 Å². The number of aromatic carboxylic acids is 1. The SMILES string of the molecule is CCOc1ccc(NS(=O)(=O)c2cc(C(=O)[O-])c(Cl)cc2Cl)cc1.[K+]. The van der Waals surface area contributed by atoms with Crippen molar-refractivity contribution in [1.82, 2.24) is 0 Å². The molecule has 1 N–H and O–H groups in total. The fourth-order valence-electron chi connectivity index (χ4n) is 1.89. The van der Waals surface area contributed by atoms with Crippen LogP contribution in [-0.4, -0.2) is 21.0 Å². The van der Waals surface area contributed by atoms with Gasteiger partial charge in [0.1, 0.15) is 10.6 Å².